The highest BCUT2D eigenvalue weighted by molar-refractivity contribution is 5.94. The van der Waals surface area contributed by atoms with E-state index in [9.17, 15) is 0 Å². The molecule has 1 unspecified atom stereocenters. The number of pyridine rings is 1. The molecule has 0 radical (unpaired) electrons. The van der Waals surface area contributed by atoms with Crippen LogP contribution in [0.15, 0.2) is 30.5 Å². The average molecular weight is 416 g/mol. The molecule has 0 bridgehead atoms. The molecule has 1 N–H and O–H groups in total. The van der Waals surface area contributed by atoms with Gasteiger partial charge in [-0.15, -0.1) is 5.10 Å². The molecule has 2 aliphatic rings. The number of benzene rings is 1. The van der Waals surface area contributed by atoms with Gasteiger partial charge < -0.3 is 10.2 Å². The average Bonchev–Trinajstić information content (AvgIpc) is 3.13. The van der Waals surface area contributed by atoms with Gasteiger partial charge >= 0.3 is 0 Å². The Labute approximate surface area is 185 Å². The molecule has 1 saturated carbocycles. The summed E-state index contributed by atoms with van der Waals surface area (Å²) in [6, 6.07) is 8.83. The predicted molar refractivity (Wildman–Crippen MR) is 128 cm³/mol. The molecule has 3 heterocycles. The molecule has 5 nitrogen and oxygen atoms in total. The van der Waals surface area contributed by atoms with Gasteiger partial charge in [-0.05, 0) is 69.2 Å². The largest absolute Gasteiger partial charge is 0.362 e. The van der Waals surface area contributed by atoms with Crippen molar-refractivity contribution < 1.29 is 0 Å². The van der Waals surface area contributed by atoms with Crippen LogP contribution >= 0.6 is 0 Å². The summed E-state index contributed by atoms with van der Waals surface area (Å²) in [5, 5.41) is 14.8. The lowest BCUT2D eigenvalue weighted by Crippen LogP contribution is -2.55. The van der Waals surface area contributed by atoms with Gasteiger partial charge in [-0.3, -0.25) is 0 Å². The first-order valence-corrected chi connectivity index (χ1v) is 11.6. The van der Waals surface area contributed by atoms with Gasteiger partial charge in [-0.2, -0.15) is 5.10 Å². The second kappa shape index (κ2) is 7.47. The number of aromatic nitrogens is 3. The molecule has 1 saturated heterocycles. The van der Waals surface area contributed by atoms with Gasteiger partial charge in [0, 0.05) is 35.5 Å². The highest BCUT2D eigenvalue weighted by atomic mass is 15.3. The molecule has 5 rings (SSSR count). The maximum Gasteiger partial charge on any atom is 0.157 e. The van der Waals surface area contributed by atoms with Crippen molar-refractivity contribution in [1.29, 1.82) is 0 Å². The van der Waals surface area contributed by atoms with Crippen LogP contribution in [0.25, 0.3) is 10.8 Å². The van der Waals surface area contributed by atoms with Gasteiger partial charge in [0.05, 0.1) is 11.7 Å². The maximum atomic E-state index is 4.80. The summed E-state index contributed by atoms with van der Waals surface area (Å²) >= 11 is 0. The molecule has 162 valence electrons. The van der Waals surface area contributed by atoms with Gasteiger partial charge in [0.15, 0.2) is 5.82 Å². The summed E-state index contributed by atoms with van der Waals surface area (Å²) < 4.78 is 0. The minimum Gasteiger partial charge on any atom is -0.362 e. The Hall–Kier alpha value is -2.69. The molecule has 0 amide bonds. The van der Waals surface area contributed by atoms with E-state index in [4.69, 9.17) is 4.98 Å². The first kappa shape index (κ1) is 20.2. The molecular formula is C26H33N5. The number of anilines is 2. The summed E-state index contributed by atoms with van der Waals surface area (Å²) in [7, 11) is 0. The summed E-state index contributed by atoms with van der Waals surface area (Å²) in [5.41, 5.74) is 5.38. The van der Waals surface area contributed by atoms with Crippen molar-refractivity contribution in [3.05, 3.63) is 52.8 Å². The molecule has 2 fully saturated rings. The molecule has 1 aromatic carbocycles. The SMILES string of the molecule is Cc1cccc([C@@H](C)Nc2nnc(C)c3cnc(N4CC5(CCC(C)C5)C4)cc23)c1C. The minimum atomic E-state index is 0.143. The Morgan fingerprint density at radius 3 is 2.68 bits per heavy atom. The van der Waals surface area contributed by atoms with E-state index in [1.54, 1.807) is 0 Å². The second-order valence-corrected chi connectivity index (χ2v) is 10.1. The lowest BCUT2D eigenvalue weighted by molar-refractivity contribution is 0.213. The van der Waals surface area contributed by atoms with E-state index in [2.05, 4.69) is 72.4 Å². The molecule has 1 aliphatic heterocycles. The van der Waals surface area contributed by atoms with Crippen molar-refractivity contribution in [2.75, 3.05) is 23.3 Å². The number of nitrogens with one attached hydrogen (secondary N) is 1. The molecule has 2 aromatic heterocycles. The third-order valence-corrected chi connectivity index (χ3v) is 7.63. The highest BCUT2D eigenvalue weighted by Crippen LogP contribution is 2.49. The van der Waals surface area contributed by atoms with Gasteiger partial charge in [0.1, 0.15) is 5.82 Å². The fraction of sp³-hybridized carbons (Fsp3) is 0.500. The number of rotatable bonds is 4. The van der Waals surface area contributed by atoms with E-state index in [1.807, 2.05) is 13.1 Å². The Morgan fingerprint density at radius 1 is 1.13 bits per heavy atom. The van der Waals surface area contributed by atoms with Crippen LogP contribution in [0.2, 0.25) is 0 Å². The highest BCUT2D eigenvalue weighted by Gasteiger charge is 2.47. The summed E-state index contributed by atoms with van der Waals surface area (Å²) in [5.74, 6) is 2.77. The Bertz CT molecular complexity index is 1130. The van der Waals surface area contributed by atoms with Crippen LogP contribution < -0.4 is 10.2 Å². The fourth-order valence-corrected chi connectivity index (χ4v) is 5.68. The van der Waals surface area contributed by atoms with E-state index in [0.29, 0.717) is 5.41 Å². The Morgan fingerprint density at radius 2 is 1.94 bits per heavy atom. The number of fused-ring (bicyclic) bond motifs is 1. The van der Waals surface area contributed by atoms with Crippen LogP contribution in [-0.2, 0) is 0 Å². The molecule has 3 aromatic rings. The van der Waals surface area contributed by atoms with E-state index < -0.39 is 0 Å². The number of hydrogen-bond donors (Lipinski definition) is 1. The van der Waals surface area contributed by atoms with Crippen LogP contribution in [0.4, 0.5) is 11.6 Å². The predicted octanol–water partition coefficient (Wildman–Crippen LogP) is 5.75. The number of hydrogen-bond acceptors (Lipinski definition) is 5. The third-order valence-electron chi connectivity index (χ3n) is 7.63. The Balaban J connectivity index is 1.44. The minimum absolute atomic E-state index is 0.143. The zero-order valence-electron chi connectivity index (χ0n) is 19.4. The topological polar surface area (TPSA) is 53.9 Å². The third kappa shape index (κ3) is 3.54. The molecular weight excluding hydrogens is 382 g/mol. The summed E-state index contributed by atoms with van der Waals surface area (Å²) in [4.78, 5) is 7.23. The van der Waals surface area contributed by atoms with Crippen LogP contribution in [0.3, 0.4) is 0 Å². The van der Waals surface area contributed by atoms with Crippen LogP contribution in [0.5, 0.6) is 0 Å². The quantitative estimate of drug-likeness (QED) is 0.588. The van der Waals surface area contributed by atoms with Crippen molar-refractivity contribution in [2.24, 2.45) is 11.3 Å². The zero-order chi connectivity index (χ0) is 21.8. The van der Waals surface area contributed by atoms with E-state index in [1.165, 1.54) is 36.0 Å². The van der Waals surface area contributed by atoms with E-state index in [0.717, 1.165) is 47.1 Å². The van der Waals surface area contributed by atoms with Crippen LogP contribution in [-0.4, -0.2) is 28.3 Å². The maximum absolute atomic E-state index is 4.80. The van der Waals surface area contributed by atoms with Crippen molar-refractivity contribution in [3.63, 3.8) is 0 Å². The second-order valence-electron chi connectivity index (χ2n) is 10.1. The Kier molecular flexibility index (Phi) is 4.87. The monoisotopic (exact) mass is 415 g/mol. The number of aryl methyl sites for hydroxylation is 2. The molecule has 5 heteroatoms. The lowest BCUT2D eigenvalue weighted by Gasteiger charge is -2.49. The molecule has 2 atom stereocenters. The van der Waals surface area contributed by atoms with Crippen LogP contribution in [0.1, 0.15) is 61.5 Å². The van der Waals surface area contributed by atoms with E-state index >= 15 is 0 Å². The first-order valence-electron chi connectivity index (χ1n) is 11.6. The lowest BCUT2D eigenvalue weighted by atomic mass is 9.77. The van der Waals surface area contributed by atoms with Gasteiger partial charge in [-0.1, -0.05) is 31.5 Å². The fourth-order valence-electron chi connectivity index (χ4n) is 5.68. The molecule has 31 heavy (non-hydrogen) atoms. The van der Waals surface area contributed by atoms with Crippen molar-refractivity contribution >= 4 is 22.4 Å². The van der Waals surface area contributed by atoms with Crippen LogP contribution in [0, 0.1) is 32.1 Å². The van der Waals surface area contributed by atoms with Crippen molar-refractivity contribution in [1.82, 2.24) is 15.2 Å². The summed E-state index contributed by atoms with van der Waals surface area (Å²) in [6.07, 6.45) is 6.08. The van der Waals surface area contributed by atoms with Crippen molar-refractivity contribution in [2.45, 2.75) is 59.9 Å². The zero-order valence-corrected chi connectivity index (χ0v) is 19.4. The van der Waals surface area contributed by atoms with Crippen molar-refractivity contribution in [3.8, 4) is 0 Å². The van der Waals surface area contributed by atoms with Gasteiger partial charge in [0.2, 0.25) is 0 Å². The first-order chi connectivity index (χ1) is 14.8. The number of nitrogens with zero attached hydrogens (tertiary/aromatic N) is 4. The van der Waals surface area contributed by atoms with Gasteiger partial charge in [-0.25, -0.2) is 4.98 Å². The van der Waals surface area contributed by atoms with Gasteiger partial charge in [0.25, 0.3) is 0 Å². The van der Waals surface area contributed by atoms with E-state index in [-0.39, 0.29) is 6.04 Å². The normalized spacial score (nSPS) is 20.8. The smallest absolute Gasteiger partial charge is 0.157 e. The molecule has 1 aliphatic carbocycles. The molecule has 1 spiro atoms. The summed E-state index contributed by atoms with van der Waals surface area (Å²) in [6.45, 7) is 13.2. The standard InChI is InChI=1S/C26H33N5/c1-16-9-10-26(12-16)14-31(15-26)24-11-22-23(13-27-24)20(5)29-30-25(22)28-19(4)21-8-6-7-17(2)18(21)3/h6-8,11,13,16,19H,9-10,12,14-15H2,1-5H3,(H,28,30)/t16?,19-/m1/s1.